The van der Waals surface area contributed by atoms with Crippen LogP contribution >= 0.6 is 11.6 Å². The lowest BCUT2D eigenvalue weighted by atomic mass is 9.93. The number of hydrogen-bond donors (Lipinski definition) is 1. The van der Waals surface area contributed by atoms with Crippen LogP contribution in [0.25, 0.3) is 0 Å². The number of anilines is 1. The molecule has 0 aliphatic heterocycles. The Kier molecular flexibility index (Phi) is 2.77. The summed E-state index contributed by atoms with van der Waals surface area (Å²) in [5, 5.41) is 3.92. The number of aromatic nitrogens is 1. The monoisotopic (exact) mass is 248 g/mol. The van der Waals surface area contributed by atoms with Gasteiger partial charge < -0.3 is 9.73 Å². The van der Waals surface area contributed by atoms with Gasteiger partial charge in [-0.3, -0.25) is 0 Å². The molecule has 17 heavy (non-hydrogen) atoms. The number of aryl methyl sites for hydroxylation is 1. The Bertz CT molecular complexity index is 524. The lowest BCUT2D eigenvalue weighted by molar-refractivity contribution is 0.461. The van der Waals surface area contributed by atoms with E-state index in [-0.39, 0.29) is 6.04 Å². The van der Waals surface area contributed by atoms with E-state index in [2.05, 4.69) is 10.3 Å². The van der Waals surface area contributed by atoms with Gasteiger partial charge in [0.05, 0.1) is 12.3 Å². The molecule has 0 bridgehead atoms. The normalized spacial score (nSPS) is 18.8. The van der Waals surface area contributed by atoms with Crippen LogP contribution in [0, 0.1) is 0 Å². The molecule has 0 spiro atoms. The highest BCUT2D eigenvalue weighted by molar-refractivity contribution is 6.29. The molecule has 88 valence electrons. The molecular formula is C13H13ClN2O. The number of halogens is 1. The Morgan fingerprint density at radius 3 is 3.18 bits per heavy atom. The van der Waals surface area contributed by atoms with Crippen molar-refractivity contribution in [2.24, 2.45) is 0 Å². The van der Waals surface area contributed by atoms with E-state index < -0.39 is 0 Å². The number of nitrogens with zero attached hydrogens (tertiary/aromatic N) is 1. The maximum absolute atomic E-state index is 5.87. The maximum atomic E-state index is 5.87. The van der Waals surface area contributed by atoms with E-state index in [1.807, 2.05) is 18.2 Å². The second-order valence-corrected chi connectivity index (χ2v) is 4.62. The van der Waals surface area contributed by atoms with E-state index in [1.54, 1.807) is 12.3 Å². The van der Waals surface area contributed by atoms with E-state index >= 15 is 0 Å². The minimum Gasteiger partial charge on any atom is -0.469 e. The Hall–Kier alpha value is -1.48. The fourth-order valence-corrected chi connectivity index (χ4v) is 2.47. The Morgan fingerprint density at radius 2 is 2.29 bits per heavy atom. The first-order chi connectivity index (χ1) is 8.33. The number of rotatable bonds is 2. The van der Waals surface area contributed by atoms with Crippen LogP contribution in [0.3, 0.4) is 0 Å². The van der Waals surface area contributed by atoms with Gasteiger partial charge in [-0.15, -0.1) is 0 Å². The molecule has 2 aromatic rings. The predicted octanol–water partition coefficient (Wildman–Crippen LogP) is 3.82. The van der Waals surface area contributed by atoms with Crippen LogP contribution in [0.15, 0.2) is 34.9 Å². The third-order valence-electron chi connectivity index (χ3n) is 3.09. The summed E-state index contributed by atoms with van der Waals surface area (Å²) in [7, 11) is 0. The van der Waals surface area contributed by atoms with E-state index in [1.165, 1.54) is 5.56 Å². The van der Waals surface area contributed by atoms with Crippen molar-refractivity contribution < 1.29 is 4.42 Å². The van der Waals surface area contributed by atoms with Gasteiger partial charge in [0.25, 0.3) is 0 Å². The minimum atomic E-state index is 0.281. The van der Waals surface area contributed by atoms with Crippen LogP contribution in [0.5, 0.6) is 0 Å². The summed E-state index contributed by atoms with van der Waals surface area (Å²) in [6, 6.07) is 7.92. The van der Waals surface area contributed by atoms with Crippen molar-refractivity contribution in [2.45, 2.75) is 25.3 Å². The Morgan fingerprint density at radius 1 is 1.35 bits per heavy atom. The smallest absolute Gasteiger partial charge is 0.131 e. The molecule has 0 amide bonds. The van der Waals surface area contributed by atoms with Crippen molar-refractivity contribution >= 4 is 17.4 Å². The van der Waals surface area contributed by atoms with Crippen LogP contribution < -0.4 is 5.32 Å². The van der Waals surface area contributed by atoms with Gasteiger partial charge in [0, 0.05) is 12.0 Å². The number of pyridine rings is 1. The maximum Gasteiger partial charge on any atom is 0.131 e. The van der Waals surface area contributed by atoms with Crippen molar-refractivity contribution in [3.05, 3.63) is 47.0 Å². The molecule has 1 aliphatic rings. The van der Waals surface area contributed by atoms with Gasteiger partial charge in [-0.2, -0.15) is 0 Å². The SMILES string of the molecule is Clc1cccc(NC2CCCc3occc32)n1. The molecule has 0 fully saturated rings. The fraction of sp³-hybridized carbons (Fsp3) is 0.308. The summed E-state index contributed by atoms with van der Waals surface area (Å²) in [6.07, 6.45) is 5.03. The molecule has 0 radical (unpaired) electrons. The zero-order chi connectivity index (χ0) is 11.7. The van der Waals surface area contributed by atoms with Crippen molar-refractivity contribution in [3.63, 3.8) is 0 Å². The van der Waals surface area contributed by atoms with E-state index in [4.69, 9.17) is 16.0 Å². The largest absolute Gasteiger partial charge is 0.469 e. The van der Waals surface area contributed by atoms with Crippen molar-refractivity contribution in [1.82, 2.24) is 4.98 Å². The lowest BCUT2D eigenvalue weighted by Gasteiger charge is -2.23. The molecule has 1 unspecified atom stereocenters. The predicted molar refractivity (Wildman–Crippen MR) is 67.3 cm³/mol. The van der Waals surface area contributed by atoms with Crippen molar-refractivity contribution in [2.75, 3.05) is 5.32 Å². The molecule has 1 atom stereocenters. The van der Waals surface area contributed by atoms with E-state index in [0.29, 0.717) is 5.15 Å². The number of hydrogen-bond acceptors (Lipinski definition) is 3. The van der Waals surface area contributed by atoms with Crippen LogP contribution in [0.2, 0.25) is 5.15 Å². The first-order valence-corrected chi connectivity index (χ1v) is 6.16. The first-order valence-electron chi connectivity index (χ1n) is 5.78. The highest BCUT2D eigenvalue weighted by Gasteiger charge is 2.22. The zero-order valence-corrected chi connectivity index (χ0v) is 10.1. The van der Waals surface area contributed by atoms with Crippen LogP contribution in [0.4, 0.5) is 5.82 Å². The molecule has 3 rings (SSSR count). The molecule has 1 aliphatic carbocycles. The number of nitrogens with one attached hydrogen (secondary N) is 1. The second kappa shape index (κ2) is 4.41. The van der Waals surface area contributed by atoms with Crippen LogP contribution in [-0.4, -0.2) is 4.98 Å². The summed E-state index contributed by atoms with van der Waals surface area (Å²) in [5.41, 5.74) is 1.25. The van der Waals surface area contributed by atoms with Crippen molar-refractivity contribution in [1.29, 1.82) is 0 Å². The summed E-state index contributed by atoms with van der Waals surface area (Å²) < 4.78 is 5.46. The standard InChI is InChI=1S/C13H13ClN2O/c14-12-5-2-6-13(16-12)15-10-3-1-4-11-9(10)7-8-17-11/h2,5-8,10H,1,3-4H2,(H,15,16). The molecule has 2 heterocycles. The Labute approximate surface area is 105 Å². The van der Waals surface area contributed by atoms with Gasteiger partial charge >= 0.3 is 0 Å². The van der Waals surface area contributed by atoms with Crippen LogP contribution in [-0.2, 0) is 6.42 Å². The highest BCUT2D eigenvalue weighted by atomic mass is 35.5. The lowest BCUT2D eigenvalue weighted by Crippen LogP contribution is -2.16. The zero-order valence-electron chi connectivity index (χ0n) is 9.32. The molecule has 0 aromatic carbocycles. The van der Waals surface area contributed by atoms with E-state index in [9.17, 15) is 0 Å². The minimum absolute atomic E-state index is 0.281. The number of fused-ring (bicyclic) bond motifs is 1. The van der Waals surface area contributed by atoms with Gasteiger partial charge in [-0.1, -0.05) is 17.7 Å². The summed E-state index contributed by atoms with van der Waals surface area (Å²) in [5.74, 6) is 1.91. The second-order valence-electron chi connectivity index (χ2n) is 4.23. The fourth-order valence-electron chi connectivity index (χ4n) is 2.30. The topological polar surface area (TPSA) is 38.1 Å². The Balaban J connectivity index is 1.84. The summed E-state index contributed by atoms with van der Waals surface area (Å²) in [4.78, 5) is 4.25. The van der Waals surface area contributed by atoms with Gasteiger partial charge in [-0.25, -0.2) is 4.98 Å². The summed E-state index contributed by atoms with van der Waals surface area (Å²) in [6.45, 7) is 0. The quantitative estimate of drug-likeness (QED) is 0.821. The average Bonchev–Trinajstić information content (AvgIpc) is 2.78. The number of furan rings is 1. The third kappa shape index (κ3) is 2.15. The van der Waals surface area contributed by atoms with Crippen molar-refractivity contribution in [3.8, 4) is 0 Å². The van der Waals surface area contributed by atoms with Gasteiger partial charge in [0.1, 0.15) is 16.7 Å². The van der Waals surface area contributed by atoms with Gasteiger partial charge in [0.2, 0.25) is 0 Å². The van der Waals surface area contributed by atoms with E-state index in [0.717, 1.165) is 30.8 Å². The van der Waals surface area contributed by atoms with Gasteiger partial charge in [0.15, 0.2) is 0 Å². The molecule has 1 N–H and O–H groups in total. The molecule has 3 nitrogen and oxygen atoms in total. The average molecular weight is 249 g/mol. The first kappa shape index (κ1) is 10.7. The third-order valence-corrected chi connectivity index (χ3v) is 3.30. The molecule has 2 aromatic heterocycles. The summed E-state index contributed by atoms with van der Waals surface area (Å²) >= 11 is 5.87. The highest BCUT2D eigenvalue weighted by Crippen LogP contribution is 2.32. The van der Waals surface area contributed by atoms with Crippen LogP contribution in [0.1, 0.15) is 30.2 Å². The van der Waals surface area contributed by atoms with Gasteiger partial charge in [-0.05, 0) is 31.0 Å². The molecular weight excluding hydrogens is 236 g/mol. The molecule has 4 heteroatoms. The molecule has 0 saturated carbocycles. The molecule has 0 saturated heterocycles.